The molecule has 3 saturated heterocycles. The number of pyridine rings is 4. The molecule has 3 aliphatic heterocycles. The van der Waals surface area contributed by atoms with Gasteiger partial charge in [-0.25, -0.2) is 38.7 Å². The lowest BCUT2D eigenvalue weighted by Gasteiger charge is -2.20. The van der Waals surface area contributed by atoms with Crippen molar-refractivity contribution in [3.8, 4) is 33.8 Å². The SMILES string of the molecule is Cc1cn2cc(-c3cc4sc(C5CCNCC5)nc4cn3)ccc2n1.Cn1cc2nc(-c3cc(F)c4nc(C5CCNCC5)sc4c3)ccc2n1.Fc1cc(-c2ccc3[nH]ncc3n2)cc2sc(C3CCNCC3)nc12. The molecule has 4 N–H and O–H groups in total. The highest BCUT2D eigenvalue weighted by atomic mass is 32.1. The number of hydrogen-bond donors (Lipinski definition) is 4. The number of aromatic amines is 1. The Morgan fingerprint density at radius 3 is 1.72 bits per heavy atom. The molecule has 0 spiro atoms. The largest absolute Gasteiger partial charge is 0.317 e. The number of nitrogens with one attached hydrogen (secondary N) is 4. The average molecular weight is 1070 g/mol. The molecular formula is C56H53F2N15S3. The Hall–Kier alpha value is -7.07. The molecule has 20 heteroatoms. The lowest BCUT2D eigenvalue weighted by atomic mass is 9.99. The van der Waals surface area contributed by atoms with E-state index in [0.717, 1.165) is 157 Å². The number of fused-ring (bicyclic) bond motifs is 6. The molecule has 3 aliphatic rings. The van der Waals surface area contributed by atoms with E-state index >= 15 is 0 Å². The quantitative estimate of drug-likeness (QED) is 0.124. The van der Waals surface area contributed by atoms with Gasteiger partial charge in [0.25, 0.3) is 0 Å². The monoisotopic (exact) mass is 1070 g/mol. The van der Waals surface area contributed by atoms with Crippen molar-refractivity contribution in [2.75, 3.05) is 39.3 Å². The predicted molar refractivity (Wildman–Crippen MR) is 300 cm³/mol. The van der Waals surface area contributed by atoms with E-state index in [-0.39, 0.29) is 11.6 Å². The fourth-order valence-electron chi connectivity index (χ4n) is 10.5. The number of aromatic nitrogens is 12. The van der Waals surface area contributed by atoms with Crippen LogP contribution in [0.15, 0.2) is 97.7 Å². The summed E-state index contributed by atoms with van der Waals surface area (Å²) in [4.78, 5) is 32.4. The van der Waals surface area contributed by atoms with E-state index in [9.17, 15) is 8.78 Å². The zero-order valence-electron chi connectivity index (χ0n) is 41.9. The number of imidazole rings is 1. The number of piperidine rings is 3. The normalized spacial score (nSPS) is 16.0. The minimum absolute atomic E-state index is 0.276. The molecular weight excluding hydrogens is 1020 g/mol. The highest BCUT2D eigenvalue weighted by Crippen LogP contribution is 2.38. The van der Waals surface area contributed by atoms with Gasteiger partial charge in [0.2, 0.25) is 0 Å². The molecule has 0 saturated carbocycles. The third-order valence-electron chi connectivity index (χ3n) is 14.5. The lowest BCUT2D eigenvalue weighted by Crippen LogP contribution is -2.26. The van der Waals surface area contributed by atoms with Crippen LogP contribution in [0.1, 0.15) is 77.0 Å². The standard InChI is InChI=1S/C19H18FN5S.C19H19N5S.C18H16FN5S/c1-25-10-16-15(24-25)3-2-14(22-16)12-8-13(20)18-17(9-12)26-19(23-18)11-4-6-21-7-5-11;1-12-10-24-11-14(2-3-18(24)22-12)15-8-17-16(9-21-15)23-19(25-17)13-4-6-20-7-5-13;19-12-7-11(13-1-2-14-15(22-13)9-21-24-14)8-16-17(12)23-18(25-16)10-3-5-20-6-4-10/h2-3,8-11,21H,4-7H2,1H3;2-3,8-11,13,20H,4-7H2,1H3;1-2,7-10,20H,3-6H2,(H,21,24). The molecule has 2 aromatic carbocycles. The van der Waals surface area contributed by atoms with Crippen LogP contribution in [-0.2, 0) is 7.05 Å². The van der Waals surface area contributed by atoms with Gasteiger partial charge in [-0.15, -0.1) is 34.0 Å². The first-order chi connectivity index (χ1) is 37.2. The van der Waals surface area contributed by atoms with Gasteiger partial charge in [0.1, 0.15) is 33.2 Å². The molecule has 13 heterocycles. The number of rotatable bonds is 6. The van der Waals surface area contributed by atoms with Crippen molar-refractivity contribution in [3.05, 3.63) is 130 Å². The summed E-state index contributed by atoms with van der Waals surface area (Å²) in [6.45, 7) is 8.21. The summed E-state index contributed by atoms with van der Waals surface area (Å²) in [7, 11) is 1.87. The first-order valence-corrected chi connectivity index (χ1v) is 28.3. The molecule has 0 aliphatic carbocycles. The van der Waals surface area contributed by atoms with Crippen molar-refractivity contribution in [2.45, 2.75) is 63.2 Å². The van der Waals surface area contributed by atoms with Gasteiger partial charge in [0, 0.05) is 53.9 Å². The van der Waals surface area contributed by atoms with Crippen LogP contribution in [-0.4, -0.2) is 98.5 Å². The van der Waals surface area contributed by atoms with Crippen LogP contribution in [0.2, 0.25) is 0 Å². The van der Waals surface area contributed by atoms with E-state index in [4.69, 9.17) is 4.98 Å². The molecule has 12 aromatic rings. The second kappa shape index (κ2) is 20.8. The van der Waals surface area contributed by atoms with Gasteiger partial charge < -0.3 is 20.4 Å². The molecule has 0 amide bonds. The zero-order chi connectivity index (χ0) is 51.3. The molecule has 0 bridgehead atoms. The van der Waals surface area contributed by atoms with Gasteiger partial charge in [-0.2, -0.15) is 10.2 Å². The number of halogens is 2. The van der Waals surface area contributed by atoms with Crippen molar-refractivity contribution < 1.29 is 8.78 Å². The van der Waals surface area contributed by atoms with E-state index in [1.165, 1.54) is 28.6 Å². The number of thiazole rings is 3. The van der Waals surface area contributed by atoms with E-state index in [1.807, 2.05) is 86.4 Å². The van der Waals surface area contributed by atoms with E-state index in [2.05, 4.69) is 83.9 Å². The molecule has 10 aromatic heterocycles. The van der Waals surface area contributed by atoms with Gasteiger partial charge in [-0.3, -0.25) is 14.8 Å². The summed E-state index contributed by atoms with van der Waals surface area (Å²) >= 11 is 5.04. The van der Waals surface area contributed by atoms with Gasteiger partial charge >= 0.3 is 0 Å². The van der Waals surface area contributed by atoms with Gasteiger partial charge in [0.05, 0.1) is 81.5 Å². The molecule has 384 valence electrons. The maximum Gasteiger partial charge on any atom is 0.150 e. The summed E-state index contributed by atoms with van der Waals surface area (Å²) in [5.74, 6) is 0.899. The Labute approximate surface area is 447 Å². The van der Waals surface area contributed by atoms with E-state index < -0.39 is 0 Å². The number of aryl methyl sites for hydroxylation is 2. The molecule has 0 atom stereocenters. The molecule has 15 rings (SSSR count). The van der Waals surface area contributed by atoms with Crippen LogP contribution in [0.3, 0.4) is 0 Å². The fraction of sp³-hybridized carbons (Fsp3) is 0.304. The van der Waals surface area contributed by atoms with Crippen molar-refractivity contribution >= 4 is 92.4 Å². The van der Waals surface area contributed by atoms with Crippen LogP contribution >= 0.6 is 34.0 Å². The first kappa shape index (κ1) is 48.6. The van der Waals surface area contributed by atoms with E-state index in [1.54, 1.807) is 39.6 Å². The van der Waals surface area contributed by atoms with Crippen LogP contribution in [0, 0.1) is 18.6 Å². The summed E-state index contributed by atoms with van der Waals surface area (Å²) in [5.41, 5.74) is 12.4. The maximum absolute atomic E-state index is 14.7. The third kappa shape index (κ3) is 9.96. The average Bonchev–Trinajstić information content (AvgIpc) is 4.34. The Morgan fingerprint density at radius 2 is 1.09 bits per heavy atom. The molecule has 3 fully saturated rings. The maximum atomic E-state index is 14.7. The predicted octanol–water partition coefficient (Wildman–Crippen LogP) is 11.5. The summed E-state index contributed by atoms with van der Waals surface area (Å²) < 4.78 is 36.2. The van der Waals surface area contributed by atoms with Gasteiger partial charge in [0.15, 0.2) is 11.6 Å². The van der Waals surface area contributed by atoms with Gasteiger partial charge in [-0.05, 0) is 151 Å². The lowest BCUT2D eigenvalue weighted by molar-refractivity contribution is 0.459. The fourth-order valence-corrected chi connectivity index (χ4v) is 14.0. The van der Waals surface area contributed by atoms with E-state index in [0.29, 0.717) is 28.8 Å². The Kier molecular flexibility index (Phi) is 13.3. The van der Waals surface area contributed by atoms with Crippen LogP contribution in [0.4, 0.5) is 8.78 Å². The Morgan fingerprint density at radius 1 is 0.513 bits per heavy atom. The highest BCUT2D eigenvalue weighted by Gasteiger charge is 2.24. The first-order valence-electron chi connectivity index (χ1n) is 25.9. The topological polar surface area (TPSA) is 177 Å². The van der Waals surface area contributed by atoms with Gasteiger partial charge in [-0.1, -0.05) is 0 Å². The van der Waals surface area contributed by atoms with Crippen LogP contribution in [0.5, 0.6) is 0 Å². The zero-order valence-corrected chi connectivity index (χ0v) is 44.3. The number of benzene rings is 2. The highest BCUT2D eigenvalue weighted by molar-refractivity contribution is 7.19. The second-order valence-corrected chi connectivity index (χ2v) is 23.0. The van der Waals surface area contributed by atoms with Crippen LogP contribution in [0.25, 0.3) is 92.1 Å². The summed E-state index contributed by atoms with van der Waals surface area (Å²) in [6.07, 6.45) is 16.2. The minimum atomic E-state index is -0.280. The van der Waals surface area contributed by atoms with Crippen molar-refractivity contribution in [3.63, 3.8) is 0 Å². The smallest absolute Gasteiger partial charge is 0.150 e. The number of nitrogens with zero attached hydrogens (tertiary/aromatic N) is 11. The van der Waals surface area contributed by atoms with Crippen molar-refractivity contribution in [1.82, 2.24) is 75.2 Å². The number of H-pyrrole nitrogens is 1. The third-order valence-corrected chi connectivity index (χ3v) is 18.0. The minimum Gasteiger partial charge on any atom is -0.317 e. The summed E-state index contributed by atoms with van der Waals surface area (Å²) in [6, 6.07) is 21.0. The van der Waals surface area contributed by atoms with Crippen molar-refractivity contribution in [1.29, 1.82) is 0 Å². The summed E-state index contributed by atoms with van der Waals surface area (Å²) in [5, 5.41) is 24.7. The Balaban J connectivity index is 0.000000109. The van der Waals surface area contributed by atoms with Crippen molar-refractivity contribution in [2.24, 2.45) is 7.05 Å². The Bertz CT molecular complexity index is 4060. The molecule has 0 unspecified atom stereocenters. The number of hydrogen-bond acceptors (Lipinski definition) is 15. The molecule has 0 radical (unpaired) electrons. The molecule has 76 heavy (non-hydrogen) atoms. The molecule has 15 nitrogen and oxygen atoms in total. The van der Waals surface area contributed by atoms with Crippen LogP contribution < -0.4 is 16.0 Å². The second-order valence-electron chi connectivity index (χ2n) is 19.8.